The van der Waals surface area contributed by atoms with Gasteiger partial charge in [-0.05, 0) is 56.6 Å². The fraction of sp³-hybridized carbons (Fsp3) is 0.381. The van der Waals surface area contributed by atoms with E-state index in [1.165, 1.54) is 12.6 Å². The smallest absolute Gasteiger partial charge is 0.240 e. The number of aliphatic imine (C=N–C) groups is 1. The summed E-state index contributed by atoms with van der Waals surface area (Å²) in [6, 6.07) is 12.9. The number of sulfonamides is 1. The lowest BCUT2D eigenvalue weighted by Gasteiger charge is -2.13. The van der Waals surface area contributed by atoms with Gasteiger partial charge in [-0.25, -0.2) is 18.1 Å². The first-order chi connectivity index (χ1) is 13.9. The summed E-state index contributed by atoms with van der Waals surface area (Å²) in [4.78, 5) is 4.81. The highest BCUT2D eigenvalue weighted by Gasteiger charge is 2.11. The molecule has 0 aliphatic heterocycles. The Morgan fingerprint density at radius 3 is 2.62 bits per heavy atom. The fourth-order valence-corrected chi connectivity index (χ4v) is 3.66. The van der Waals surface area contributed by atoms with Crippen LogP contribution in [0.25, 0.3) is 0 Å². The van der Waals surface area contributed by atoms with E-state index >= 15 is 0 Å². The van der Waals surface area contributed by atoms with Gasteiger partial charge in [0, 0.05) is 13.1 Å². The van der Waals surface area contributed by atoms with Crippen molar-refractivity contribution in [3.8, 4) is 5.75 Å². The molecular formula is C21H30N4O3S. The van der Waals surface area contributed by atoms with Crippen LogP contribution in [0.5, 0.6) is 5.75 Å². The molecule has 0 radical (unpaired) electrons. The molecule has 0 saturated heterocycles. The fourth-order valence-electron chi connectivity index (χ4n) is 2.86. The third kappa shape index (κ3) is 6.76. The van der Waals surface area contributed by atoms with Crippen molar-refractivity contribution >= 4 is 16.0 Å². The molecule has 2 aromatic rings. The number of nitrogens with one attached hydrogen (secondary N) is 3. The summed E-state index contributed by atoms with van der Waals surface area (Å²) >= 11 is 0. The van der Waals surface area contributed by atoms with E-state index in [0.29, 0.717) is 19.0 Å². The van der Waals surface area contributed by atoms with E-state index in [2.05, 4.69) is 33.3 Å². The second kappa shape index (κ2) is 10.8. The summed E-state index contributed by atoms with van der Waals surface area (Å²) < 4.78 is 31.7. The second-order valence-corrected chi connectivity index (χ2v) is 8.43. The average Bonchev–Trinajstić information content (AvgIpc) is 2.72. The minimum Gasteiger partial charge on any atom is -0.496 e. The lowest BCUT2D eigenvalue weighted by Crippen LogP contribution is -2.38. The number of guanidine groups is 1. The Kier molecular flexibility index (Phi) is 8.48. The zero-order chi connectivity index (χ0) is 21.3. The quantitative estimate of drug-likeness (QED) is 0.429. The second-order valence-electron chi connectivity index (χ2n) is 6.54. The van der Waals surface area contributed by atoms with Crippen molar-refractivity contribution in [1.82, 2.24) is 15.4 Å². The van der Waals surface area contributed by atoms with Crippen molar-refractivity contribution in [2.75, 3.05) is 27.2 Å². The first-order valence-electron chi connectivity index (χ1n) is 9.57. The molecule has 3 N–H and O–H groups in total. The van der Waals surface area contributed by atoms with Crippen LogP contribution in [0.3, 0.4) is 0 Å². The summed E-state index contributed by atoms with van der Waals surface area (Å²) in [5.74, 6) is 1.56. The predicted molar refractivity (Wildman–Crippen MR) is 117 cm³/mol. The predicted octanol–water partition coefficient (Wildman–Crippen LogP) is 2.21. The Morgan fingerprint density at radius 2 is 1.93 bits per heavy atom. The van der Waals surface area contributed by atoms with Gasteiger partial charge in [0.15, 0.2) is 5.96 Å². The number of hydrogen-bond donors (Lipinski definition) is 3. The Hall–Kier alpha value is -2.58. The molecule has 0 bridgehead atoms. The Balaban J connectivity index is 2.04. The van der Waals surface area contributed by atoms with E-state index in [0.717, 1.165) is 29.8 Å². The van der Waals surface area contributed by atoms with Crippen molar-refractivity contribution < 1.29 is 13.2 Å². The molecule has 2 aromatic carbocycles. The molecule has 0 aliphatic rings. The highest BCUT2D eigenvalue weighted by atomic mass is 32.2. The number of nitrogens with zero attached hydrogens (tertiary/aromatic N) is 1. The number of rotatable bonds is 9. The van der Waals surface area contributed by atoms with Gasteiger partial charge < -0.3 is 15.4 Å². The molecule has 158 valence electrons. The average molecular weight is 419 g/mol. The number of ether oxygens (including phenoxy) is 1. The van der Waals surface area contributed by atoms with Crippen molar-refractivity contribution in [3.05, 3.63) is 59.2 Å². The summed E-state index contributed by atoms with van der Waals surface area (Å²) in [5, 5.41) is 6.53. The molecule has 0 aromatic heterocycles. The van der Waals surface area contributed by atoms with Crippen molar-refractivity contribution in [2.45, 2.75) is 31.7 Å². The van der Waals surface area contributed by atoms with Crippen LogP contribution >= 0.6 is 0 Å². The summed E-state index contributed by atoms with van der Waals surface area (Å²) in [5.41, 5.74) is 3.15. The van der Waals surface area contributed by atoms with E-state index in [4.69, 9.17) is 4.74 Å². The lowest BCUT2D eigenvalue weighted by atomic mass is 10.1. The molecule has 0 fully saturated rings. The molecule has 0 saturated carbocycles. The minimum atomic E-state index is -3.47. The summed E-state index contributed by atoms with van der Waals surface area (Å²) in [7, 11) is -0.391. The van der Waals surface area contributed by atoms with Gasteiger partial charge in [0.2, 0.25) is 10.0 Å². The number of hydrogen-bond acceptors (Lipinski definition) is 4. The SMILES string of the molecule is CCNC(=NCc1cccc(S(=O)(=O)NC)c1)NCCc1cc(C)ccc1OC. The monoisotopic (exact) mass is 418 g/mol. The summed E-state index contributed by atoms with van der Waals surface area (Å²) in [6.07, 6.45) is 0.797. The third-order valence-corrected chi connectivity index (χ3v) is 5.78. The first kappa shape index (κ1) is 22.7. The minimum absolute atomic E-state index is 0.234. The van der Waals surface area contributed by atoms with E-state index in [1.54, 1.807) is 25.3 Å². The Bertz CT molecular complexity index is 943. The standard InChI is InChI=1S/C21H30N4O3S/c1-5-23-21(24-12-11-18-13-16(2)9-10-20(18)28-4)25-15-17-7-6-8-19(14-17)29(26,27)22-3/h6-10,13-14,22H,5,11-12,15H2,1-4H3,(H2,23,24,25). The zero-order valence-corrected chi connectivity index (χ0v) is 18.3. The van der Waals surface area contributed by atoms with E-state index in [1.807, 2.05) is 25.1 Å². The lowest BCUT2D eigenvalue weighted by molar-refractivity contribution is 0.409. The molecule has 7 nitrogen and oxygen atoms in total. The Labute approximate surface area is 173 Å². The van der Waals surface area contributed by atoms with Crippen LogP contribution in [0.2, 0.25) is 0 Å². The molecule has 0 heterocycles. The summed E-state index contributed by atoms with van der Waals surface area (Å²) in [6.45, 7) is 5.86. The van der Waals surface area contributed by atoms with Crippen LogP contribution in [0.1, 0.15) is 23.6 Å². The van der Waals surface area contributed by atoms with Gasteiger partial charge in [-0.15, -0.1) is 0 Å². The van der Waals surface area contributed by atoms with Crippen LogP contribution in [0.4, 0.5) is 0 Å². The van der Waals surface area contributed by atoms with Crippen molar-refractivity contribution in [1.29, 1.82) is 0 Å². The van der Waals surface area contributed by atoms with E-state index < -0.39 is 10.0 Å². The van der Waals surface area contributed by atoms with Crippen LogP contribution in [-0.4, -0.2) is 41.6 Å². The third-order valence-electron chi connectivity index (χ3n) is 4.36. The van der Waals surface area contributed by atoms with Crippen LogP contribution in [-0.2, 0) is 23.0 Å². The van der Waals surface area contributed by atoms with Gasteiger partial charge in [-0.3, -0.25) is 0 Å². The molecule has 2 rings (SSSR count). The maximum atomic E-state index is 12.0. The van der Waals surface area contributed by atoms with E-state index in [9.17, 15) is 8.42 Å². The largest absolute Gasteiger partial charge is 0.496 e. The van der Waals surface area contributed by atoms with E-state index in [-0.39, 0.29) is 4.90 Å². The molecular weight excluding hydrogens is 388 g/mol. The maximum Gasteiger partial charge on any atom is 0.240 e. The number of methoxy groups -OCH3 is 1. The highest BCUT2D eigenvalue weighted by Crippen LogP contribution is 2.19. The highest BCUT2D eigenvalue weighted by molar-refractivity contribution is 7.89. The molecule has 0 atom stereocenters. The number of aryl methyl sites for hydroxylation is 1. The van der Waals surface area contributed by atoms with Gasteiger partial charge in [0.25, 0.3) is 0 Å². The van der Waals surface area contributed by atoms with Crippen LogP contribution < -0.4 is 20.1 Å². The van der Waals surface area contributed by atoms with Gasteiger partial charge in [-0.2, -0.15) is 0 Å². The molecule has 0 aliphatic carbocycles. The Morgan fingerprint density at radius 1 is 1.14 bits per heavy atom. The first-order valence-corrected chi connectivity index (χ1v) is 11.1. The van der Waals surface area contributed by atoms with Crippen LogP contribution in [0.15, 0.2) is 52.4 Å². The van der Waals surface area contributed by atoms with Gasteiger partial charge in [0.05, 0.1) is 18.6 Å². The molecule has 29 heavy (non-hydrogen) atoms. The van der Waals surface area contributed by atoms with Crippen molar-refractivity contribution in [3.63, 3.8) is 0 Å². The van der Waals surface area contributed by atoms with Gasteiger partial charge in [-0.1, -0.05) is 29.8 Å². The van der Waals surface area contributed by atoms with Gasteiger partial charge in [0.1, 0.15) is 5.75 Å². The molecule has 8 heteroatoms. The van der Waals surface area contributed by atoms with Gasteiger partial charge >= 0.3 is 0 Å². The molecule has 0 unspecified atom stereocenters. The molecule has 0 amide bonds. The number of benzene rings is 2. The molecule has 0 spiro atoms. The van der Waals surface area contributed by atoms with Crippen LogP contribution in [0, 0.1) is 6.92 Å². The normalized spacial score (nSPS) is 11.9. The van der Waals surface area contributed by atoms with Crippen molar-refractivity contribution in [2.24, 2.45) is 4.99 Å². The maximum absolute atomic E-state index is 12.0. The topological polar surface area (TPSA) is 91.8 Å². The zero-order valence-electron chi connectivity index (χ0n) is 17.5.